The Hall–Kier alpha value is -0.610. The minimum absolute atomic E-state index is 0.112. The van der Waals surface area contributed by atoms with E-state index in [0.29, 0.717) is 11.4 Å². The van der Waals surface area contributed by atoms with E-state index in [9.17, 15) is 4.79 Å². The number of hydrogen-bond acceptors (Lipinski definition) is 3. The third kappa shape index (κ3) is 1.54. The fraction of sp³-hybridized carbons (Fsp3) is 0.923. The van der Waals surface area contributed by atoms with Crippen molar-refractivity contribution >= 4 is 5.91 Å². The van der Waals surface area contributed by atoms with Crippen molar-refractivity contribution in [3.8, 4) is 0 Å². The van der Waals surface area contributed by atoms with Gasteiger partial charge in [0.25, 0.3) is 0 Å². The normalized spacial score (nSPS) is 36.5. The maximum atomic E-state index is 12.6. The Morgan fingerprint density at radius 3 is 2.65 bits per heavy atom. The molecule has 2 aliphatic heterocycles. The van der Waals surface area contributed by atoms with Gasteiger partial charge in [-0.25, -0.2) is 0 Å². The Morgan fingerprint density at radius 1 is 1.24 bits per heavy atom. The molecular formula is C13H21N3O. The van der Waals surface area contributed by atoms with Gasteiger partial charge in [-0.2, -0.15) is 0 Å². The quantitative estimate of drug-likeness (QED) is 0.684. The molecule has 4 nitrogen and oxygen atoms in total. The van der Waals surface area contributed by atoms with Crippen LogP contribution in [-0.2, 0) is 4.79 Å². The Bertz CT molecular complexity index is 354. The predicted molar refractivity (Wildman–Crippen MR) is 64.7 cm³/mol. The van der Waals surface area contributed by atoms with Crippen LogP contribution in [0.3, 0.4) is 0 Å². The van der Waals surface area contributed by atoms with Crippen LogP contribution in [0.4, 0.5) is 0 Å². The molecule has 4 rings (SSSR count). The van der Waals surface area contributed by atoms with Gasteiger partial charge in [0.05, 0.1) is 11.6 Å². The molecule has 1 atom stereocenters. The van der Waals surface area contributed by atoms with Gasteiger partial charge in [0.2, 0.25) is 5.91 Å². The highest BCUT2D eigenvalue weighted by Gasteiger charge is 2.59. The van der Waals surface area contributed by atoms with Crippen molar-refractivity contribution in [1.82, 2.24) is 15.5 Å². The predicted octanol–water partition coefficient (Wildman–Crippen LogP) is 0.235. The van der Waals surface area contributed by atoms with E-state index in [-0.39, 0.29) is 11.6 Å². The van der Waals surface area contributed by atoms with Gasteiger partial charge in [0.15, 0.2) is 0 Å². The van der Waals surface area contributed by atoms with Crippen LogP contribution in [0, 0.1) is 0 Å². The van der Waals surface area contributed by atoms with Crippen LogP contribution in [0.2, 0.25) is 0 Å². The summed E-state index contributed by atoms with van der Waals surface area (Å²) in [6.07, 6.45) is 7.10. The van der Waals surface area contributed by atoms with Gasteiger partial charge in [0, 0.05) is 18.6 Å². The molecule has 1 unspecified atom stereocenters. The second kappa shape index (κ2) is 3.23. The minimum Gasteiger partial charge on any atom is -0.333 e. The molecule has 2 saturated carbocycles. The first kappa shape index (κ1) is 10.3. The summed E-state index contributed by atoms with van der Waals surface area (Å²) in [5.74, 6) is 0.382. The number of piperazine rings is 1. The molecule has 94 valence electrons. The van der Waals surface area contributed by atoms with E-state index in [4.69, 9.17) is 0 Å². The smallest absolute Gasteiger partial charge is 0.240 e. The lowest BCUT2D eigenvalue weighted by Gasteiger charge is -2.42. The Labute approximate surface area is 102 Å². The van der Waals surface area contributed by atoms with Crippen LogP contribution in [0.5, 0.6) is 0 Å². The molecule has 17 heavy (non-hydrogen) atoms. The van der Waals surface area contributed by atoms with Crippen LogP contribution in [-0.4, -0.2) is 47.6 Å². The largest absolute Gasteiger partial charge is 0.333 e. The Kier molecular flexibility index (Phi) is 1.96. The number of amides is 1. The molecule has 2 aliphatic carbocycles. The molecular weight excluding hydrogens is 214 g/mol. The number of nitrogens with one attached hydrogen (secondary N) is 2. The van der Waals surface area contributed by atoms with E-state index >= 15 is 0 Å². The maximum Gasteiger partial charge on any atom is 0.240 e. The van der Waals surface area contributed by atoms with Gasteiger partial charge >= 0.3 is 0 Å². The summed E-state index contributed by atoms with van der Waals surface area (Å²) in [6.45, 7) is 3.01. The number of nitrogens with zero attached hydrogens (tertiary/aromatic N) is 1. The first-order valence-corrected chi connectivity index (χ1v) is 7.03. The zero-order valence-corrected chi connectivity index (χ0v) is 10.3. The van der Waals surface area contributed by atoms with Crippen molar-refractivity contribution in [3.63, 3.8) is 0 Å². The van der Waals surface area contributed by atoms with Crippen LogP contribution in [0.1, 0.15) is 38.5 Å². The summed E-state index contributed by atoms with van der Waals surface area (Å²) < 4.78 is 0. The van der Waals surface area contributed by atoms with Crippen molar-refractivity contribution in [2.75, 3.05) is 19.6 Å². The molecule has 2 N–H and O–H groups in total. The van der Waals surface area contributed by atoms with E-state index in [0.717, 1.165) is 32.5 Å². The standard InChI is InChI=1S/C13H21N3O/c17-11(10-2-1-7-14-10)16-9-12(3-4-12)15-8-13(16)5-6-13/h10,14-15H,1-9H2. The number of rotatable bonds is 1. The van der Waals surface area contributed by atoms with E-state index < -0.39 is 0 Å². The second-order valence-electron chi connectivity index (χ2n) is 6.43. The molecule has 2 heterocycles. The summed E-state index contributed by atoms with van der Waals surface area (Å²) in [6, 6.07) is 0.112. The zero-order chi connectivity index (χ0) is 11.5. The molecule has 0 radical (unpaired) electrons. The second-order valence-corrected chi connectivity index (χ2v) is 6.43. The molecule has 0 aromatic heterocycles. The Balaban J connectivity index is 1.55. The first-order valence-electron chi connectivity index (χ1n) is 7.03. The summed E-state index contributed by atoms with van der Waals surface area (Å²) in [5, 5.41) is 7.04. The third-order valence-electron chi connectivity index (χ3n) is 5.13. The average Bonchev–Trinajstić information content (AvgIpc) is 3.21. The highest BCUT2D eigenvalue weighted by atomic mass is 16.2. The highest BCUT2D eigenvalue weighted by molar-refractivity contribution is 5.83. The van der Waals surface area contributed by atoms with E-state index in [1.165, 1.54) is 25.7 Å². The highest BCUT2D eigenvalue weighted by Crippen LogP contribution is 2.49. The number of hydrogen-bond donors (Lipinski definition) is 2. The van der Waals surface area contributed by atoms with Gasteiger partial charge in [-0.3, -0.25) is 4.79 Å². The van der Waals surface area contributed by atoms with Gasteiger partial charge in [-0.15, -0.1) is 0 Å². The fourth-order valence-electron chi connectivity index (χ4n) is 3.45. The van der Waals surface area contributed by atoms with Crippen LogP contribution in [0.15, 0.2) is 0 Å². The van der Waals surface area contributed by atoms with Crippen LogP contribution < -0.4 is 10.6 Å². The molecule has 4 aliphatic rings. The molecule has 1 amide bonds. The fourth-order valence-corrected chi connectivity index (χ4v) is 3.45. The summed E-state index contributed by atoms with van der Waals surface area (Å²) >= 11 is 0. The lowest BCUT2D eigenvalue weighted by Crippen LogP contribution is -2.63. The molecule has 2 saturated heterocycles. The number of carbonyl (C=O) groups is 1. The molecule has 2 spiro atoms. The van der Waals surface area contributed by atoms with Crippen molar-refractivity contribution in [1.29, 1.82) is 0 Å². The topological polar surface area (TPSA) is 44.4 Å². The minimum atomic E-state index is 0.112. The summed E-state index contributed by atoms with van der Waals surface area (Å²) in [4.78, 5) is 14.8. The van der Waals surface area contributed by atoms with Crippen molar-refractivity contribution in [2.24, 2.45) is 0 Å². The Morgan fingerprint density at radius 2 is 2.06 bits per heavy atom. The van der Waals surface area contributed by atoms with E-state index in [2.05, 4.69) is 15.5 Å². The van der Waals surface area contributed by atoms with Gasteiger partial charge < -0.3 is 15.5 Å². The third-order valence-corrected chi connectivity index (χ3v) is 5.13. The average molecular weight is 235 g/mol. The van der Waals surface area contributed by atoms with E-state index in [1.54, 1.807) is 0 Å². The van der Waals surface area contributed by atoms with Crippen molar-refractivity contribution in [3.05, 3.63) is 0 Å². The lowest BCUT2D eigenvalue weighted by atomic mass is 10.0. The number of carbonyl (C=O) groups excluding carboxylic acids is 1. The molecule has 0 aromatic carbocycles. The van der Waals surface area contributed by atoms with Crippen molar-refractivity contribution in [2.45, 2.75) is 55.6 Å². The monoisotopic (exact) mass is 235 g/mol. The van der Waals surface area contributed by atoms with Crippen LogP contribution in [0.25, 0.3) is 0 Å². The summed E-state index contributed by atoms with van der Waals surface area (Å²) in [7, 11) is 0. The molecule has 4 fully saturated rings. The van der Waals surface area contributed by atoms with Gasteiger partial charge in [0.1, 0.15) is 0 Å². The molecule has 0 aromatic rings. The van der Waals surface area contributed by atoms with Crippen LogP contribution >= 0.6 is 0 Å². The van der Waals surface area contributed by atoms with E-state index in [1.807, 2.05) is 0 Å². The lowest BCUT2D eigenvalue weighted by molar-refractivity contribution is -0.138. The maximum absolute atomic E-state index is 12.6. The first-order chi connectivity index (χ1) is 8.23. The van der Waals surface area contributed by atoms with Crippen molar-refractivity contribution < 1.29 is 4.79 Å². The molecule has 4 heteroatoms. The summed E-state index contributed by atoms with van der Waals surface area (Å²) in [5.41, 5.74) is 0.511. The molecule has 0 bridgehead atoms. The SMILES string of the molecule is O=C(C1CCCN1)N1CC2(CC2)NCC12CC2. The van der Waals surface area contributed by atoms with Gasteiger partial charge in [-0.05, 0) is 45.1 Å². The zero-order valence-electron chi connectivity index (χ0n) is 10.3. The van der Waals surface area contributed by atoms with Gasteiger partial charge in [-0.1, -0.05) is 0 Å².